The molecule has 7 heteroatoms. The van der Waals surface area contributed by atoms with Crippen molar-refractivity contribution < 1.29 is 23.8 Å². The van der Waals surface area contributed by atoms with E-state index >= 15 is 0 Å². The third-order valence-corrected chi connectivity index (χ3v) is 5.45. The van der Waals surface area contributed by atoms with Gasteiger partial charge in [-0.3, -0.25) is 5.32 Å². The zero-order valence-corrected chi connectivity index (χ0v) is 17.6. The lowest BCUT2D eigenvalue weighted by molar-refractivity contribution is -0.167. The van der Waals surface area contributed by atoms with Gasteiger partial charge >= 0.3 is 11.9 Å². The summed E-state index contributed by atoms with van der Waals surface area (Å²) < 4.78 is 16.0. The summed E-state index contributed by atoms with van der Waals surface area (Å²) in [5, 5.41) is 4.25. The molecule has 2 heterocycles. The van der Waals surface area contributed by atoms with E-state index in [0.717, 1.165) is 47.2 Å². The van der Waals surface area contributed by atoms with Crippen LogP contribution in [-0.2, 0) is 25.5 Å². The maximum absolute atomic E-state index is 13.0. The van der Waals surface area contributed by atoms with Crippen LogP contribution in [0.25, 0.3) is 10.9 Å². The van der Waals surface area contributed by atoms with Crippen molar-refractivity contribution in [3.63, 3.8) is 0 Å². The molecule has 1 aromatic carbocycles. The highest BCUT2D eigenvalue weighted by molar-refractivity contribution is 6.06. The highest BCUT2D eigenvalue weighted by Gasteiger charge is 2.54. The van der Waals surface area contributed by atoms with E-state index in [-0.39, 0.29) is 25.7 Å². The second-order valence-electron chi connectivity index (χ2n) is 7.29. The first-order valence-corrected chi connectivity index (χ1v) is 10.3. The van der Waals surface area contributed by atoms with Gasteiger partial charge in [-0.05, 0) is 44.0 Å². The van der Waals surface area contributed by atoms with E-state index in [1.165, 1.54) is 0 Å². The van der Waals surface area contributed by atoms with Crippen LogP contribution in [0.1, 0.15) is 57.3 Å². The number of unbranched alkanes of at least 4 members (excludes halogenated alkanes) is 1. The number of nitrogens with one attached hydrogen (secondary N) is 2. The molecule has 1 aliphatic rings. The zero-order valence-electron chi connectivity index (χ0n) is 17.6. The molecule has 1 atom stereocenters. The maximum atomic E-state index is 13.0. The SMILES string of the molecule is CCCC[C@H]1NC(C(=O)OCC)(C(=O)OCC)Cc2c1[nH]c1ccc(OC)cc21. The predicted octanol–water partition coefficient (Wildman–Crippen LogP) is 3.42. The van der Waals surface area contributed by atoms with Crippen LogP contribution in [0.15, 0.2) is 18.2 Å². The Balaban J connectivity index is 2.16. The van der Waals surface area contributed by atoms with Gasteiger partial charge in [-0.25, -0.2) is 9.59 Å². The topological polar surface area (TPSA) is 89.6 Å². The summed E-state index contributed by atoms with van der Waals surface area (Å²) in [6.07, 6.45) is 2.91. The largest absolute Gasteiger partial charge is 0.497 e. The number of benzene rings is 1. The molecule has 0 spiro atoms. The normalized spacial score (nSPS) is 17.6. The van der Waals surface area contributed by atoms with Gasteiger partial charge in [-0.1, -0.05) is 19.8 Å². The first-order chi connectivity index (χ1) is 14.0. The third-order valence-electron chi connectivity index (χ3n) is 5.45. The number of ether oxygens (including phenoxy) is 3. The van der Waals surface area contributed by atoms with Crippen molar-refractivity contribution in [1.29, 1.82) is 0 Å². The fourth-order valence-corrected chi connectivity index (χ4v) is 4.03. The summed E-state index contributed by atoms with van der Waals surface area (Å²) in [7, 11) is 1.62. The van der Waals surface area contributed by atoms with Gasteiger partial charge in [-0.2, -0.15) is 0 Å². The van der Waals surface area contributed by atoms with E-state index in [9.17, 15) is 9.59 Å². The van der Waals surface area contributed by atoms with Crippen LogP contribution in [0.2, 0.25) is 0 Å². The number of aromatic nitrogens is 1. The smallest absolute Gasteiger partial charge is 0.338 e. The van der Waals surface area contributed by atoms with Crippen molar-refractivity contribution >= 4 is 22.8 Å². The number of H-pyrrole nitrogens is 1. The van der Waals surface area contributed by atoms with E-state index in [0.29, 0.717) is 0 Å². The summed E-state index contributed by atoms with van der Waals surface area (Å²) >= 11 is 0. The fourth-order valence-electron chi connectivity index (χ4n) is 4.03. The molecule has 7 nitrogen and oxygen atoms in total. The molecule has 0 amide bonds. The zero-order chi connectivity index (χ0) is 21.0. The lowest BCUT2D eigenvalue weighted by Gasteiger charge is -2.38. The van der Waals surface area contributed by atoms with Crippen molar-refractivity contribution in [3.8, 4) is 5.75 Å². The Hall–Kier alpha value is -2.54. The van der Waals surface area contributed by atoms with Gasteiger partial charge in [0.25, 0.3) is 0 Å². The highest BCUT2D eigenvalue weighted by Crippen LogP contribution is 2.39. The Labute approximate surface area is 171 Å². The molecule has 2 N–H and O–H groups in total. The molecule has 0 fully saturated rings. The van der Waals surface area contributed by atoms with Crippen LogP contribution in [0.5, 0.6) is 5.75 Å². The van der Waals surface area contributed by atoms with E-state index in [2.05, 4.69) is 17.2 Å². The molecular formula is C22H30N2O5. The molecule has 29 heavy (non-hydrogen) atoms. The minimum Gasteiger partial charge on any atom is -0.497 e. The number of methoxy groups -OCH3 is 1. The number of hydrogen-bond donors (Lipinski definition) is 2. The van der Waals surface area contributed by atoms with Gasteiger partial charge in [-0.15, -0.1) is 0 Å². The summed E-state index contributed by atoms with van der Waals surface area (Å²) in [4.78, 5) is 29.5. The molecule has 3 rings (SSSR count). The molecule has 0 saturated carbocycles. The van der Waals surface area contributed by atoms with Crippen molar-refractivity contribution in [2.45, 2.75) is 58.0 Å². The molecule has 0 aliphatic carbocycles. The molecule has 0 saturated heterocycles. The number of hydrogen-bond acceptors (Lipinski definition) is 6. The quantitative estimate of drug-likeness (QED) is 0.519. The average Bonchev–Trinajstić information content (AvgIpc) is 3.09. The second-order valence-corrected chi connectivity index (χ2v) is 7.29. The number of rotatable bonds is 8. The third kappa shape index (κ3) is 3.83. The molecule has 0 bridgehead atoms. The van der Waals surface area contributed by atoms with Crippen molar-refractivity contribution in [3.05, 3.63) is 29.5 Å². The summed E-state index contributed by atoms with van der Waals surface area (Å²) in [5.74, 6) is -0.466. The van der Waals surface area contributed by atoms with Crippen LogP contribution < -0.4 is 10.1 Å². The van der Waals surface area contributed by atoms with Crippen LogP contribution >= 0.6 is 0 Å². The van der Waals surface area contributed by atoms with E-state index in [1.807, 2.05) is 18.2 Å². The summed E-state index contributed by atoms with van der Waals surface area (Å²) in [6, 6.07) is 5.60. The van der Waals surface area contributed by atoms with Gasteiger partial charge in [0.2, 0.25) is 5.54 Å². The van der Waals surface area contributed by atoms with Crippen LogP contribution in [0.4, 0.5) is 0 Å². The summed E-state index contributed by atoms with van der Waals surface area (Å²) in [5.41, 5.74) is 1.32. The summed E-state index contributed by atoms with van der Waals surface area (Å²) in [6.45, 7) is 5.96. The molecule has 1 aromatic heterocycles. The minimum atomic E-state index is -1.56. The maximum Gasteiger partial charge on any atom is 0.338 e. The Bertz CT molecular complexity index is 871. The Morgan fingerprint density at radius 2 is 1.83 bits per heavy atom. The number of carbonyl (C=O) groups is 2. The number of aromatic amines is 1. The molecular weight excluding hydrogens is 372 g/mol. The van der Waals surface area contributed by atoms with E-state index < -0.39 is 17.5 Å². The standard InChI is InChI=1S/C22H30N2O5/c1-5-8-9-18-19-16(15-12-14(27-4)10-11-17(15)23-19)13-22(24-18,20(25)28-6-2)21(26)29-7-3/h10-12,18,23-24H,5-9,13H2,1-4H3/t18-/m1/s1. The van der Waals surface area contributed by atoms with Gasteiger partial charge in [0.05, 0.1) is 20.3 Å². The van der Waals surface area contributed by atoms with E-state index in [4.69, 9.17) is 14.2 Å². The number of fused-ring (bicyclic) bond motifs is 3. The number of carbonyl (C=O) groups excluding carboxylic acids is 2. The monoisotopic (exact) mass is 402 g/mol. The van der Waals surface area contributed by atoms with Gasteiger partial charge in [0, 0.05) is 29.1 Å². The van der Waals surface area contributed by atoms with Crippen molar-refractivity contribution in [1.82, 2.24) is 10.3 Å². The van der Waals surface area contributed by atoms with Crippen LogP contribution in [0.3, 0.4) is 0 Å². The highest BCUT2D eigenvalue weighted by atomic mass is 16.6. The molecule has 1 aliphatic heterocycles. The lowest BCUT2D eigenvalue weighted by atomic mass is 9.82. The molecule has 0 unspecified atom stereocenters. The van der Waals surface area contributed by atoms with Crippen LogP contribution in [-0.4, -0.2) is 42.8 Å². The van der Waals surface area contributed by atoms with Crippen molar-refractivity contribution in [2.24, 2.45) is 0 Å². The molecule has 158 valence electrons. The van der Waals surface area contributed by atoms with Gasteiger partial charge in [0.1, 0.15) is 5.75 Å². The first-order valence-electron chi connectivity index (χ1n) is 10.3. The average molecular weight is 402 g/mol. The predicted molar refractivity (Wildman–Crippen MR) is 110 cm³/mol. The van der Waals surface area contributed by atoms with Crippen molar-refractivity contribution in [2.75, 3.05) is 20.3 Å². The fraction of sp³-hybridized carbons (Fsp3) is 0.545. The Kier molecular flexibility index (Phi) is 6.47. The van der Waals surface area contributed by atoms with Gasteiger partial charge < -0.3 is 19.2 Å². The minimum absolute atomic E-state index is 0.162. The lowest BCUT2D eigenvalue weighted by Crippen LogP contribution is -2.64. The van der Waals surface area contributed by atoms with Gasteiger partial charge in [0.15, 0.2) is 0 Å². The molecule has 0 radical (unpaired) electrons. The van der Waals surface area contributed by atoms with Crippen LogP contribution in [0, 0.1) is 0 Å². The number of esters is 2. The first kappa shape index (κ1) is 21.2. The second kappa shape index (κ2) is 8.86. The van der Waals surface area contributed by atoms with E-state index in [1.54, 1.807) is 21.0 Å². The Morgan fingerprint density at radius 3 is 2.41 bits per heavy atom. The molecule has 2 aromatic rings. The Morgan fingerprint density at radius 1 is 1.14 bits per heavy atom.